The minimum atomic E-state index is 0.0438. The summed E-state index contributed by atoms with van der Waals surface area (Å²) in [5.74, 6) is 0.853. The third-order valence-electron chi connectivity index (χ3n) is 2.97. The van der Waals surface area contributed by atoms with Gasteiger partial charge in [0.1, 0.15) is 5.75 Å². The average molecular weight is 415 g/mol. The van der Waals surface area contributed by atoms with Crippen molar-refractivity contribution in [2.24, 2.45) is 0 Å². The maximum Gasteiger partial charge on any atom is 0.138 e. The molecule has 0 aromatic heterocycles. The van der Waals surface area contributed by atoms with E-state index in [1.54, 1.807) is 0 Å². The first-order valence-electron chi connectivity index (χ1n) is 6.68. The molecule has 3 nitrogen and oxygen atoms in total. The van der Waals surface area contributed by atoms with E-state index in [0.29, 0.717) is 13.2 Å². The molecule has 0 atom stereocenters. The highest BCUT2D eigenvalue weighted by Crippen LogP contribution is 2.33. The number of nitrogens with one attached hydrogen (secondary N) is 1. The first kappa shape index (κ1) is 16.3. The fourth-order valence-electron chi connectivity index (χ4n) is 2.03. The SMILES string of the molecule is CCOc1c(Br)cc(Br)cc1CNc1cccc(CO)c1. The van der Waals surface area contributed by atoms with E-state index < -0.39 is 0 Å². The standard InChI is InChI=1S/C16H17Br2NO2/c1-2-21-16-12(7-13(17)8-15(16)18)9-19-14-5-3-4-11(6-14)10-20/h3-8,19-20H,2,9-10H2,1H3. The van der Waals surface area contributed by atoms with Crippen molar-refractivity contribution in [1.29, 1.82) is 0 Å². The van der Waals surface area contributed by atoms with Crippen LogP contribution in [0.1, 0.15) is 18.1 Å². The Labute approximate surface area is 141 Å². The highest BCUT2D eigenvalue weighted by Gasteiger charge is 2.10. The maximum absolute atomic E-state index is 9.17. The van der Waals surface area contributed by atoms with Crippen LogP contribution in [-0.4, -0.2) is 11.7 Å². The second-order valence-electron chi connectivity index (χ2n) is 4.52. The van der Waals surface area contributed by atoms with Gasteiger partial charge in [-0.3, -0.25) is 0 Å². The minimum Gasteiger partial charge on any atom is -0.492 e. The van der Waals surface area contributed by atoms with Gasteiger partial charge in [-0.1, -0.05) is 28.1 Å². The van der Waals surface area contributed by atoms with Gasteiger partial charge in [0.05, 0.1) is 17.7 Å². The van der Waals surface area contributed by atoms with Crippen molar-refractivity contribution >= 4 is 37.5 Å². The Kier molecular flexibility index (Phi) is 6.08. The molecule has 2 aromatic carbocycles. The van der Waals surface area contributed by atoms with Crippen molar-refractivity contribution < 1.29 is 9.84 Å². The molecule has 0 aliphatic carbocycles. The van der Waals surface area contributed by atoms with Gasteiger partial charge in [0.15, 0.2) is 0 Å². The molecule has 5 heteroatoms. The molecule has 0 saturated heterocycles. The van der Waals surface area contributed by atoms with E-state index in [1.807, 2.05) is 43.3 Å². The van der Waals surface area contributed by atoms with Crippen molar-refractivity contribution in [3.05, 3.63) is 56.5 Å². The fraction of sp³-hybridized carbons (Fsp3) is 0.250. The number of halogens is 2. The first-order chi connectivity index (χ1) is 10.1. The summed E-state index contributed by atoms with van der Waals surface area (Å²) in [5.41, 5.74) is 2.92. The van der Waals surface area contributed by atoms with Crippen molar-refractivity contribution in [1.82, 2.24) is 0 Å². The summed E-state index contributed by atoms with van der Waals surface area (Å²) in [4.78, 5) is 0. The Morgan fingerprint density at radius 1 is 1.19 bits per heavy atom. The van der Waals surface area contributed by atoms with E-state index in [4.69, 9.17) is 4.74 Å². The lowest BCUT2D eigenvalue weighted by Gasteiger charge is -2.14. The smallest absolute Gasteiger partial charge is 0.138 e. The summed E-state index contributed by atoms with van der Waals surface area (Å²) in [7, 11) is 0. The van der Waals surface area contributed by atoms with Crippen LogP contribution in [0.2, 0.25) is 0 Å². The lowest BCUT2D eigenvalue weighted by molar-refractivity contribution is 0.282. The minimum absolute atomic E-state index is 0.0438. The second kappa shape index (κ2) is 7.82. The van der Waals surface area contributed by atoms with Gasteiger partial charge < -0.3 is 15.2 Å². The van der Waals surface area contributed by atoms with Crippen molar-refractivity contribution in [3.63, 3.8) is 0 Å². The van der Waals surface area contributed by atoms with E-state index >= 15 is 0 Å². The average Bonchev–Trinajstić information content (AvgIpc) is 2.48. The van der Waals surface area contributed by atoms with E-state index in [1.165, 1.54) is 0 Å². The van der Waals surface area contributed by atoms with Crippen molar-refractivity contribution in [2.45, 2.75) is 20.1 Å². The number of hydrogen-bond donors (Lipinski definition) is 2. The Bertz CT molecular complexity index is 617. The van der Waals surface area contributed by atoms with E-state index in [2.05, 4.69) is 37.2 Å². The van der Waals surface area contributed by atoms with Crippen molar-refractivity contribution in [2.75, 3.05) is 11.9 Å². The summed E-state index contributed by atoms with van der Waals surface area (Å²) in [5, 5.41) is 12.5. The molecule has 112 valence electrons. The van der Waals surface area contributed by atoms with E-state index in [0.717, 1.165) is 31.5 Å². The third-order valence-corrected chi connectivity index (χ3v) is 4.01. The zero-order valence-electron chi connectivity index (χ0n) is 11.7. The lowest BCUT2D eigenvalue weighted by Crippen LogP contribution is -2.04. The highest BCUT2D eigenvalue weighted by atomic mass is 79.9. The summed E-state index contributed by atoms with van der Waals surface area (Å²) in [6, 6.07) is 11.8. The largest absolute Gasteiger partial charge is 0.492 e. The molecule has 0 heterocycles. The quantitative estimate of drug-likeness (QED) is 0.718. The van der Waals surface area contributed by atoms with Crippen LogP contribution in [0.3, 0.4) is 0 Å². The van der Waals surface area contributed by atoms with Gasteiger partial charge in [-0.05, 0) is 52.7 Å². The molecule has 0 unspecified atom stereocenters. The molecule has 2 aromatic rings. The highest BCUT2D eigenvalue weighted by molar-refractivity contribution is 9.11. The normalized spacial score (nSPS) is 10.5. The topological polar surface area (TPSA) is 41.5 Å². The first-order valence-corrected chi connectivity index (χ1v) is 8.27. The van der Waals surface area contributed by atoms with Gasteiger partial charge in [0.2, 0.25) is 0 Å². The monoisotopic (exact) mass is 413 g/mol. The summed E-state index contributed by atoms with van der Waals surface area (Å²) >= 11 is 7.03. The lowest BCUT2D eigenvalue weighted by atomic mass is 10.1. The molecule has 0 fully saturated rings. The Balaban J connectivity index is 2.18. The van der Waals surface area contributed by atoms with E-state index in [-0.39, 0.29) is 6.61 Å². The maximum atomic E-state index is 9.17. The molecule has 0 aliphatic heterocycles. The predicted octanol–water partition coefficient (Wildman–Crippen LogP) is 4.71. The fourth-order valence-corrected chi connectivity index (χ4v) is 3.46. The third kappa shape index (κ3) is 4.46. The number of hydrogen-bond acceptors (Lipinski definition) is 3. The molecule has 0 amide bonds. The van der Waals surface area contributed by atoms with Crippen LogP contribution in [0.4, 0.5) is 5.69 Å². The van der Waals surface area contributed by atoms with Crippen LogP contribution in [0.15, 0.2) is 45.3 Å². The number of rotatable bonds is 6. The summed E-state index contributed by atoms with van der Waals surface area (Å²) < 4.78 is 7.64. The molecule has 2 rings (SSSR count). The number of aliphatic hydroxyl groups excluding tert-OH is 1. The molecular formula is C16H17Br2NO2. The summed E-state index contributed by atoms with van der Waals surface area (Å²) in [6.07, 6.45) is 0. The molecule has 0 spiro atoms. The Hall–Kier alpha value is -1.04. The molecule has 0 aliphatic rings. The van der Waals surface area contributed by atoms with Gasteiger partial charge in [-0.15, -0.1) is 0 Å². The van der Waals surface area contributed by atoms with Crippen LogP contribution in [0.25, 0.3) is 0 Å². The number of benzene rings is 2. The summed E-state index contributed by atoms with van der Waals surface area (Å²) in [6.45, 7) is 3.27. The van der Waals surface area contributed by atoms with Gasteiger partial charge >= 0.3 is 0 Å². The molecule has 2 N–H and O–H groups in total. The number of anilines is 1. The second-order valence-corrected chi connectivity index (χ2v) is 6.29. The Morgan fingerprint density at radius 2 is 2.00 bits per heavy atom. The van der Waals surface area contributed by atoms with Gasteiger partial charge in [-0.25, -0.2) is 0 Å². The Morgan fingerprint density at radius 3 is 2.71 bits per heavy atom. The van der Waals surface area contributed by atoms with E-state index in [9.17, 15) is 5.11 Å². The van der Waals surface area contributed by atoms with Crippen LogP contribution in [0, 0.1) is 0 Å². The van der Waals surface area contributed by atoms with Gasteiger partial charge in [0, 0.05) is 22.3 Å². The van der Waals surface area contributed by atoms with Crippen LogP contribution in [-0.2, 0) is 13.2 Å². The number of aliphatic hydroxyl groups is 1. The predicted molar refractivity (Wildman–Crippen MR) is 92.7 cm³/mol. The van der Waals surface area contributed by atoms with Crippen LogP contribution in [0.5, 0.6) is 5.75 Å². The molecule has 0 bridgehead atoms. The zero-order chi connectivity index (χ0) is 15.2. The van der Waals surface area contributed by atoms with Gasteiger partial charge in [-0.2, -0.15) is 0 Å². The zero-order valence-corrected chi connectivity index (χ0v) is 14.9. The molecule has 0 saturated carbocycles. The number of ether oxygens (including phenoxy) is 1. The molecular weight excluding hydrogens is 398 g/mol. The van der Waals surface area contributed by atoms with Crippen LogP contribution < -0.4 is 10.1 Å². The van der Waals surface area contributed by atoms with Crippen LogP contribution >= 0.6 is 31.9 Å². The van der Waals surface area contributed by atoms with Gasteiger partial charge in [0.25, 0.3) is 0 Å². The van der Waals surface area contributed by atoms with Crippen molar-refractivity contribution in [3.8, 4) is 5.75 Å². The molecule has 0 radical (unpaired) electrons. The molecule has 21 heavy (non-hydrogen) atoms.